The second-order valence-electron chi connectivity index (χ2n) is 14.0. The third-order valence-corrected chi connectivity index (χ3v) is 11.3. The van der Waals surface area contributed by atoms with Gasteiger partial charge in [0.05, 0.1) is 15.9 Å². The Morgan fingerprint density at radius 3 is 2.12 bits per heavy atom. The smallest absolute Gasteiger partial charge is 0.294 e. The van der Waals surface area contributed by atoms with Gasteiger partial charge < -0.3 is 24.3 Å². The minimum atomic E-state index is -0.220. The number of rotatable bonds is 9. The second-order valence-corrected chi connectivity index (χ2v) is 14.8. The second kappa shape index (κ2) is 16.2. The van der Waals surface area contributed by atoms with Gasteiger partial charge in [0.25, 0.3) is 18.1 Å². The topological polar surface area (TPSA) is 98.9 Å². The first kappa shape index (κ1) is 37.9. The molecule has 2 aromatic heterocycles. The number of carbonyl (C=O) groups is 2. The molecule has 0 radical (unpaired) electrons. The van der Waals surface area contributed by atoms with E-state index in [1.807, 2.05) is 66.7 Å². The normalized spacial score (nSPS) is 14.6. The number of nitrogens with zero attached hydrogens (tertiary/aromatic N) is 8. The summed E-state index contributed by atoms with van der Waals surface area (Å²) in [7, 11) is 0. The van der Waals surface area contributed by atoms with E-state index in [0.29, 0.717) is 85.2 Å². The van der Waals surface area contributed by atoms with E-state index >= 15 is 0 Å². The van der Waals surface area contributed by atoms with Gasteiger partial charge in [-0.05, 0) is 65.5 Å². The van der Waals surface area contributed by atoms with Crippen LogP contribution in [0.5, 0.6) is 11.5 Å². The lowest BCUT2D eigenvalue weighted by Crippen LogP contribution is -2.52. The number of aryl methyl sites for hydroxylation is 1. The van der Waals surface area contributed by atoms with Crippen molar-refractivity contribution in [3.05, 3.63) is 126 Å². The number of hydrogen-bond donors (Lipinski definition) is 0. The number of anilines is 2. The summed E-state index contributed by atoms with van der Waals surface area (Å²) < 4.78 is 7.92. The first-order valence-electron chi connectivity index (χ1n) is 18.9. The first-order chi connectivity index (χ1) is 27.7. The van der Waals surface area contributed by atoms with Crippen LogP contribution in [0.1, 0.15) is 12.5 Å². The van der Waals surface area contributed by atoms with E-state index in [4.69, 9.17) is 32.9 Å². The van der Waals surface area contributed by atoms with Gasteiger partial charge in [0.1, 0.15) is 29.2 Å². The highest BCUT2D eigenvalue weighted by Crippen LogP contribution is 2.38. The number of amides is 2. The highest BCUT2D eigenvalue weighted by Gasteiger charge is 2.32. The maximum Gasteiger partial charge on any atom is 0.294 e. The Morgan fingerprint density at radius 2 is 1.42 bits per heavy atom. The molecule has 0 saturated carbocycles. The standard InChI is InChI=1S/C44H41Cl2N8O3/c1-4-30-11-9-10-14-32(30)33-25-38-34(23-36(33)45)42(48-27-47-38)51-19-21-53(22-20-51)44(56)29(3)54-28-49-43(52-17-15-50(16-18-52)41(55)5-2)35-24-37(46)40(26-39(35)54)57-31-12-7-6-8-13-31/h5-14,23-28H,2-4,15-22H2,1H3/q+1. The number of para-hydroxylation sites is 1. The van der Waals surface area contributed by atoms with E-state index in [1.54, 1.807) is 27.0 Å². The van der Waals surface area contributed by atoms with Gasteiger partial charge in [0.2, 0.25) is 5.91 Å². The molecule has 4 aromatic carbocycles. The molecule has 0 N–H and O–H groups in total. The molecule has 13 heteroatoms. The number of ether oxygens (including phenoxy) is 1. The van der Waals surface area contributed by atoms with Crippen LogP contribution >= 0.6 is 23.2 Å². The van der Waals surface area contributed by atoms with E-state index < -0.39 is 0 Å². The number of fused-ring (bicyclic) bond motifs is 2. The molecule has 6 aromatic rings. The number of hydrogen-bond acceptors (Lipinski definition) is 8. The Labute approximate surface area is 341 Å². The van der Waals surface area contributed by atoms with Gasteiger partial charge in [-0.3, -0.25) is 9.59 Å². The summed E-state index contributed by atoms with van der Waals surface area (Å²) in [4.78, 5) is 48.5. The van der Waals surface area contributed by atoms with Crippen molar-refractivity contribution in [3.8, 4) is 22.6 Å². The van der Waals surface area contributed by atoms with Crippen LogP contribution in [0.4, 0.5) is 11.6 Å². The highest BCUT2D eigenvalue weighted by molar-refractivity contribution is 6.34. The molecule has 8 rings (SSSR count). The van der Waals surface area contributed by atoms with Crippen molar-refractivity contribution >= 4 is 74.2 Å². The van der Waals surface area contributed by atoms with Gasteiger partial charge in [-0.2, -0.15) is 4.57 Å². The highest BCUT2D eigenvalue weighted by atomic mass is 35.5. The lowest BCUT2D eigenvalue weighted by atomic mass is 9.97. The molecule has 0 bridgehead atoms. The summed E-state index contributed by atoms with van der Waals surface area (Å²) >= 11 is 13.8. The van der Waals surface area contributed by atoms with Crippen LogP contribution in [0.3, 0.4) is 0 Å². The Morgan fingerprint density at radius 1 is 0.772 bits per heavy atom. The summed E-state index contributed by atoms with van der Waals surface area (Å²) in [6.45, 7) is 14.2. The van der Waals surface area contributed by atoms with Gasteiger partial charge in [-0.25, -0.2) is 9.97 Å². The van der Waals surface area contributed by atoms with Crippen LogP contribution < -0.4 is 19.1 Å². The lowest BCUT2D eigenvalue weighted by Gasteiger charge is -2.35. The van der Waals surface area contributed by atoms with Crippen molar-refractivity contribution in [3.63, 3.8) is 0 Å². The summed E-state index contributed by atoms with van der Waals surface area (Å²) in [6, 6.07) is 25.3. The minimum Gasteiger partial charge on any atom is -0.456 e. The molecule has 288 valence electrons. The average molecular weight is 801 g/mol. The molecular weight excluding hydrogens is 759 g/mol. The van der Waals surface area contributed by atoms with Crippen molar-refractivity contribution in [2.75, 3.05) is 62.2 Å². The van der Waals surface area contributed by atoms with Crippen LogP contribution in [-0.2, 0) is 16.0 Å². The SMILES string of the molecule is C=CC(=O)N1CCN(c2nc[n+](C(=C)C(=O)N3CCN(c4ncnc5cc(-c6ccccc6CC)c(Cl)cc45)CC3)c3cc(Oc4ccccc4)c(Cl)cc23)CC1. The molecule has 4 heterocycles. The Hall–Kier alpha value is -6.04. The Balaban J connectivity index is 1.05. The van der Waals surface area contributed by atoms with Gasteiger partial charge in [0.15, 0.2) is 5.70 Å². The van der Waals surface area contributed by atoms with E-state index in [0.717, 1.165) is 39.7 Å². The molecule has 0 atom stereocenters. The van der Waals surface area contributed by atoms with Crippen molar-refractivity contribution in [1.29, 1.82) is 0 Å². The quantitative estimate of drug-likeness (QED) is 0.110. The van der Waals surface area contributed by atoms with Crippen LogP contribution in [0.25, 0.3) is 38.6 Å². The number of carbonyl (C=O) groups excluding carboxylic acids is 2. The maximum absolute atomic E-state index is 14.2. The van der Waals surface area contributed by atoms with Crippen molar-refractivity contribution in [2.24, 2.45) is 0 Å². The molecular formula is C44H41Cl2N8O3+. The average Bonchev–Trinajstić information content (AvgIpc) is 3.25. The third-order valence-electron chi connectivity index (χ3n) is 10.7. The number of benzene rings is 4. The van der Waals surface area contributed by atoms with Gasteiger partial charge in [-0.1, -0.05) is 79.2 Å². The number of aromatic nitrogens is 4. The molecule has 57 heavy (non-hydrogen) atoms. The molecule has 0 unspecified atom stereocenters. The molecule has 2 aliphatic heterocycles. The number of halogens is 2. The van der Waals surface area contributed by atoms with Gasteiger partial charge in [0, 0.05) is 74.4 Å². The maximum atomic E-state index is 14.2. The van der Waals surface area contributed by atoms with Crippen molar-refractivity contribution < 1.29 is 18.9 Å². The van der Waals surface area contributed by atoms with Crippen LogP contribution in [0.15, 0.2) is 111 Å². The van der Waals surface area contributed by atoms with E-state index in [9.17, 15) is 9.59 Å². The fourth-order valence-electron chi connectivity index (χ4n) is 7.61. The Kier molecular flexibility index (Phi) is 10.8. The summed E-state index contributed by atoms with van der Waals surface area (Å²) in [5, 5.41) is 2.61. The van der Waals surface area contributed by atoms with E-state index in [1.165, 1.54) is 11.6 Å². The molecule has 0 spiro atoms. The molecule has 11 nitrogen and oxygen atoms in total. The zero-order chi connectivity index (χ0) is 39.6. The third kappa shape index (κ3) is 7.48. The van der Waals surface area contributed by atoms with E-state index in [2.05, 4.69) is 52.0 Å². The predicted molar refractivity (Wildman–Crippen MR) is 226 cm³/mol. The largest absolute Gasteiger partial charge is 0.456 e. The molecule has 0 aliphatic carbocycles. The van der Waals surface area contributed by atoms with Crippen LogP contribution in [0, 0.1) is 0 Å². The molecule has 2 fully saturated rings. The monoisotopic (exact) mass is 799 g/mol. The fourth-order valence-corrected chi connectivity index (χ4v) is 8.08. The first-order valence-corrected chi connectivity index (χ1v) is 19.7. The number of piperazine rings is 2. The zero-order valence-electron chi connectivity index (χ0n) is 31.6. The molecule has 2 saturated heterocycles. The fraction of sp³-hybridized carbons (Fsp3) is 0.227. The summed E-state index contributed by atoms with van der Waals surface area (Å²) in [5.41, 5.74) is 4.95. The van der Waals surface area contributed by atoms with Crippen LogP contribution in [0.2, 0.25) is 10.0 Å². The van der Waals surface area contributed by atoms with Gasteiger partial charge >= 0.3 is 0 Å². The predicted octanol–water partition coefficient (Wildman–Crippen LogP) is 7.45. The molecule has 2 aliphatic rings. The van der Waals surface area contributed by atoms with E-state index in [-0.39, 0.29) is 17.5 Å². The van der Waals surface area contributed by atoms with Crippen molar-refractivity contribution in [2.45, 2.75) is 13.3 Å². The van der Waals surface area contributed by atoms with Crippen LogP contribution in [-0.4, -0.2) is 88.9 Å². The summed E-state index contributed by atoms with van der Waals surface area (Å²) in [5.74, 6) is 2.19. The lowest BCUT2D eigenvalue weighted by molar-refractivity contribution is -0.552. The summed E-state index contributed by atoms with van der Waals surface area (Å²) in [6.07, 6.45) is 5.44. The molecule has 2 amide bonds. The van der Waals surface area contributed by atoms with Crippen molar-refractivity contribution in [1.82, 2.24) is 24.8 Å². The minimum absolute atomic E-state index is 0.0996. The zero-order valence-corrected chi connectivity index (χ0v) is 33.1. The Bertz CT molecular complexity index is 2530. The van der Waals surface area contributed by atoms with Gasteiger partial charge in [-0.15, -0.1) is 0 Å².